The summed E-state index contributed by atoms with van der Waals surface area (Å²) in [5, 5.41) is 2.74. The molecule has 0 radical (unpaired) electrons. The zero-order chi connectivity index (χ0) is 18.8. The number of carbonyl (C=O) groups excluding carboxylic acids is 1. The molecule has 148 valence electrons. The lowest BCUT2D eigenvalue weighted by molar-refractivity contribution is 0.0534. The molecule has 3 heteroatoms. The van der Waals surface area contributed by atoms with Crippen LogP contribution in [-0.4, -0.2) is 18.2 Å². The van der Waals surface area contributed by atoms with Crippen molar-refractivity contribution in [3.05, 3.63) is 12.2 Å². The summed E-state index contributed by atoms with van der Waals surface area (Å²) in [4.78, 5) is 11.4. The molecule has 0 rings (SSSR count). The molecule has 0 aliphatic rings. The summed E-state index contributed by atoms with van der Waals surface area (Å²) in [6.07, 6.45) is 21.6. The number of nitrogens with one attached hydrogen (secondary N) is 1. The summed E-state index contributed by atoms with van der Waals surface area (Å²) in [5.74, 6) is 0. The fraction of sp³-hybridized carbons (Fsp3) is 0.864. The number of alkyl carbamates (subject to hydrolysis) is 1. The van der Waals surface area contributed by atoms with Crippen molar-refractivity contribution >= 4 is 6.09 Å². The number of hydrogen-bond donors (Lipinski definition) is 1. The summed E-state index contributed by atoms with van der Waals surface area (Å²) >= 11 is 0. The van der Waals surface area contributed by atoms with Crippen LogP contribution >= 0.6 is 0 Å². The second-order valence-electron chi connectivity index (χ2n) is 8.03. The third kappa shape index (κ3) is 21.0. The predicted octanol–water partition coefficient (Wildman–Crippen LogP) is 7.16. The number of allylic oxidation sites excluding steroid dienone is 1. The predicted molar refractivity (Wildman–Crippen MR) is 109 cm³/mol. The molecule has 0 saturated carbocycles. The van der Waals surface area contributed by atoms with Gasteiger partial charge in [-0.1, -0.05) is 89.7 Å². The maximum absolute atomic E-state index is 11.4. The number of rotatable bonds is 15. The Morgan fingerprint density at radius 1 is 0.800 bits per heavy atom. The Labute approximate surface area is 157 Å². The van der Waals surface area contributed by atoms with Gasteiger partial charge in [0.25, 0.3) is 0 Å². The Bertz CT molecular complexity index is 331. The van der Waals surface area contributed by atoms with E-state index in [2.05, 4.69) is 18.3 Å². The first kappa shape index (κ1) is 24.0. The summed E-state index contributed by atoms with van der Waals surface area (Å²) < 4.78 is 5.18. The minimum atomic E-state index is -0.428. The highest BCUT2D eigenvalue weighted by atomic mass is 16.6. The highest BCUT2D eigenvalue weighted by Gasteiger charge is 2.14. The number of ether oxygens (including phenoxy) is 1. The third-order valence-corrected chi connectivity index (χ3v) is 4.15. The maximum atomic E-state index is 11.4. The summed E-state index contributed by atoms with van der Waals surface area (Å²) in [7, 11) is 0. The fourth-order valence-electron chi connectivity index (χ4n) is 2.76. The van der Waals surface area contributed by atoms with Gasteiger partial charge in [-0.2, -0.15) is 0 Å². The van der Waals surface area contributed by atoms with Gasteiger partial charge in [0.1, 0.15) is 5.60 Å². The van der Waals surface area contributed by atoms with E-state index in [1.807, 2.05) is 26.8 Å². The van der Waals surface area contributed by atoms with Crippen LogP contribution in [0.15, 0.2) is 12.2 Å². The van der Waals surface area contributed by atoms with E-state index in [1.165, 1.54) is 77.0 Å². The quantitative estimate of drug-likeness (QED) is 0.250. The first-order valence-corrected chi connectivity index (χ1v) is 10.6. The second-order valence-corrected chi connectivity index (χ2v) is 8.03. The van der Waals surface area contributed by atoms with Crippen LogP contribution in [0.4, 0.5) is 4.79 Å². The van der Waals surface area contributed by atoms with Gasteiger partial charge in [0.05, 0.1) is 0 Å². The molecule has 0 aromatic carbocycles. The van der Waals surface area contributed by atoms with Gasteiger partial charge in [-0.25, -0.2) is 4.79 Å². The highest BCUT2D eigenvalue weighted by Crippen LogP contribution is 2.12. The molecular weight excluding hydrogens is 310 g/mol. The minimum absolute atomic E-state index is 0.345. The van der Waals surface area contributed by atoms with Gasteiger partial charge in [0, 0.05) is 6.54 Å². The van der Waals surface area contributed by atoms with Gasteiger partial charge in [-0.05, 0) is 33.6 Å². The molecule has 0 aliphatic heterocycles. The average molecular weight is 354 g/mol. The zero-order valence-electron chi connectivity index (χ0n) is 17.4. The Kier molecular flexibility index (Phi) is 15.8. The lowest BCUT2D eigenvalue weighted by atomic mass is 10.0. The smallest absolute Gasteiger partial charge is 0.407 e. The van der Waals surface area contributed by atoms with Crippen LogP contribution in [0.25, 0.3) is 0 Å². The molecule has 0 aromatic rings. The van der Waals surface area contributed by atoms with Gasteiger partial charge < -0.3 is 10.1 Å². The second kappa shape index (κ2) is 16.5. The van der Waals surface area contributed by atoms with Crippen LogP contribution in [0.1, 0.15) is 111 Å². The van der Waals surface area contributed by atoms with Crippen LogP contribution in [-0.2, 0) is 4.74 Å². The Morgan fingerprint density at radius 3 is 1.76 bits per heavy atom. The van der Waals surface area contributed by atoms with Crippen molar-refractivity contribution in [1.82, 2.24) is 5.32 Å². The van der Waals surface area contributed by atoms with E-state index in [0.29, 0.717) is 6.54 Å². The van der Waals surface area contributed by atoms with E-state index in [-0.39, 0.29) is 6.09 Å². The van der Waals surface area contributed by atoms with Crippen molar-refractivity contribution in [1.29, 1.82) is 0 Å². The lowest BCUT2D eigenvalue weighted by Gasteiger charge is -2.19. The molecule has 1 N–H and O–H groups in total. The molecule has 0 fully saturated rings. The largest absolute Gasteiger partial charge is 0.444 e. The lowest BCUT2D eigenvalue weighted by Crippen LogP contribution is -2.32. The van der Waals surface area contributed by atoms with Gasteiger partial charge in [0.15, 0.2) is 0 Å². The molecule has 0 bridgehead atoms. The average Bonchev–Trinajstić information content (AvgIpc) is 2.53. The van der Waals surface area contributed by atoms with Crippen molar-refractivity contribution in [2.75, 3.05) is 6.54 Å². The zero-order valence-corrected chi connectivity index (χ0v) is 17.4. The van der Waals surface area contributed by atoms with Gasteiger partial charge in [-0.3, -0.25) is 0 Å². The Hall–Kier alpha value is -0.990. The first-order chi connectivity index (χ1) is 12.0. The molecule has 0 unspecified atom stereocenters. The number of hydrogen-bond acceptors (Lipinski definition) is 2. The van der Waals surface area contributed by atoms with Crippen molar-refractivity contribution in [3.63, 3.8) is 0 Å². The standard InChI is InChI=1S/C22H43NO2/c1-5-6-7-8-9-10-11-12-13-14-15-16-17-18-19-20-23-21(24)25-22(2,3)4/h18-19H,5-17,20H2,1-4H3,(H,23,24). The van der Waals surface area contributed by atoms with Gasteiger partial charge in [0.2, 0.25) is 0 Å². The van der Waals surface area contributed by atoms with Crippen LogP contribution in [0.2, 0.25) is 0 Å². The molecule has 0 spiro atoms. The summed E-state index contributed by atoms with van der Waals surface area (Å²) in [6, 6.07) is 0. The third-order valence-electron chi connectivity index (χ3n) is 4.15. The van der Waals surface area contributed by atoms with Crippen molar-refractivity contribution in [2.24, 2.45) is 0 Å². The van der Waals surface area contributed by atoms with Crippen LogP contribution in [0, 0.1) is 0 Å². The van der Waals surface area contributed by atoms with Crippen LogP contribution in [0.5, 0.6) is 0 Å². The Balaban J connectivity index is 3.24. The molecule has 1 amide bonds. The van der Waals surface area contributed by atoms with E-state index in [9.17, 15) is 4.79 Å². The summed E-state index contributed by atoms with van der Waals surface area (Å²) in [6.45, 7) is 8.44. The van der Waals surface area contributed by atoms with E-state index < -0.39 is 5.60 Å². The molecule has 0 heterocycles. The normalized spacial score (nSPS) is 11.8. The topological polar surface area (TPSA) is 38.3 Å². The van der Waals surface area contributed by atoms with E-state index in [1.54, 1.807) is 0 Å². The van der Waals surface area contributed by atoms with Crippen molar-refractivity contribution in [2.45, 2.75) is 117 Å². The molecule has 25 heavy (non-hydrogen) atoms. The number of amides is 1. The fourth-order valence-corrected chi connectivity index (χ4v) is 2.76. The molecular formula is C22H43NO2. The number of unbranched alkanes of at least 4 members (excludes halogenated alkanes) is 12. The van der Waals surface area contributed by atoms with Crippen molar-refractivity contribution in [3.8, 4) is 0 Å². The number of carbonyl (C=O) groups is 1. The molecule has 3 nitrogen and oxygen atoms in total. The minimum Gasteiger partial charge on any atom is -0.444 e. The highest BCUT2D eigenvalue weighted by molar-refractivity contribution is 5.67. The molecule has 0 atom stereocenters. The van der Waals surface area contributed by atoms with Gasteiger partial charge >= 0.3 is 6.09 Å². The first-order valence-electron chi connectivity index (χ1n) is 10.6. The summed E-state index contributed by atoms with van der Waals surface area (Å²) in [5.41, 5.74) is -0.428. The van der Waals surface area contributed by atoms with Crippen molar-refractivity contribution < 1.29 is 9.53 Å². The monoisotopic (exact) mass is 353 g/mol. The van der Waals surface area contributed by atoms with E-state index in [4.69, 9.17) is 4.74 Å². The maximum Gasteiger partial charge on any atom is 0.407 e. The van der Waals surface area contributed by atoms with E-state index >= 15 is 0 Å². The SMILES string of the molecule is CCCCCCCCCCCCCCC=CCNC(=O)OC(C)(C)C. The van der Waals surface area contributed by atoms with Crippen LogP contribution < -0.4 is 5.32 Å². The molecule has 0 aromatic heterocycles. The van der Waals surface area contributed by atoms with Crippen LogP contribution in [0.3, 0.4) is 0 Å². The molecule has 0 aliphatic carbocycles. The Morgan fingerprint density at radius 2 is 1.28 bits per heavy atom. The molecule has 0 saturated heterocycles. The van der Waals surface area contributed by atoms with Gasteiger partial charge in [-0.15, -0.1) is 0 Å². The van der Waals surface area contributed by atoms with E-state index in [0.717, 1.165) is 6.42 Å².